The van der Waals surface area contributed by atoms with E-state index in [-0.39, 0.29) is 5.82 Å². The van der Waals surface area contributed by atoms with Gasteiger partial charge in [-0.25, -0.2) is 9.37 Å². The number of pyridine rings is 1. The van der Waals surface area contributed by atoms with Crippen molar-refractivity contribution in [2.45, 2.75) is 31.7 Å². The van der Waals surface area contributed by atoms with E-state index in [4.69, 9.17) is 11.6 Å². The third-order valence-corrected chi connectivity index (χ3v) is 4.12. The van der Waals surface area contributed by atoms with Crippen molar-refractivity contribution >= 4 is 17.3 Å². The largest absolute Gasteiger partial charge is 0.380 e. The molecule has 0 bridgehead atoms. The molecule has 1 aliphatic rings. The second-order valence-corrected chi connectivity index (χ2v) is 5.77. The Hall–Kier alpha value is -1.61. The standard InChI is InChI=1S/C16H16ClFN2/c1-10-6-15(16(17)19-9-10)20-14-7-12(8-14)11-2-4-13(18)5-3-11/h2-6,9,12,14,20H,7-8H2,1H3. The fraction of sp³-hybridized carbons (Fsp3) is 0.312. The number of benzene rings is 1. The molecule has 0 radical (unpaired) electrons. The number of nitrogens with one attached hydrogen (secondary N) is 1. The first-order valence-electron chi connectivity index (χ1n) is 6.76. The predicted octanol–water partition coefficient (Wildman–Crippen LogP) is 4.54. The maximum Gasteiger partial charge on any atom is 0.152 e. The number of aromatic nitrogens is 1. The average Bonchev–Trinajstić information content (AvgIpc) is 2.39. The Balaban J connectivity index is 1.60. The molecule has 0 atom stereocenters. The van der Waals surface area contributed by atoms with Crippen LogP contribution in [0.25, 0.3) is 0 Å². The van der Waals surface area contributed by atoms with Crippen LogP contribution in [0.2, 0.25) is 5.15 Å². The van der Waals surface area contributed by atoms with E-state index >= 15 is 0 Å². The maximum absolute atomic E-state index is 12.9. The van der Waals surface area contributed by atoms with Crippen molar-refractivity contribution in [3.05, 3.63) is 58.6 Å². The second-order valence-electron chi connectivity index (χ2n) is 5.41. The van der Waals surface area contributed by atoms with Gasteiger partial charge in [0.15, 0.2) is 5.15 Å². The van der Waals surface area contributed by atoms with Gasteiger partial charge in [-0.2, -0.15) is 0 Å². The van der Waals surface area contributed by atoms with Crippen LogP contribution in [0.5, 0.6) is 0 Å². The molecule has 1 aromatic carbocycles. The van der Waals surface area contributed by atoms with E-state index in [1.807, 2.05) is 25.1 Å². The molecule has 0 spiro atoms. The van der Waals surface area contributed by atoms with Gasteiger partial charge in [0.1, 0.15) is 5.82 Å². The highest BCUT2D eigenvalue weighted by Gasteiger charge is 2.30. The predicted molar refractivity (Wildman–Crippen MR) is 79.8 cm³/mol. The summed E-state index contributed by atoms with van der Waals surface area (Å²) in [6, 6.07) is 9.22. The Morgan fingerprint density at radius 2 is 1.95 bits per heavy atom. The van der Waals surface area contributed by atoms with E-state index in [0.717, 1.165) is 24.1 Å². The first-order chi connectivity index (χ1) is 9.61. The summed E-state index contributed by atoms with van der Waals surface area (Å²) in [4.78, 5) is 4.14. The lowest BCUT2D eigenvalue weighted by Gasteiger charge is -2.37. The fourth-order valence-corrected chi connectivity index (χ4v) is 2.77. The Kier molecular flexibility index (Phi) is 3.62. The second kappa shape index (κ2) is 5.41. The summed E-state index contributed by atoms with van der Waals surface area (Å²) in [6.07, 6.45) is 3.83. The van der Waals surface area contributed by atoms with Gasteiger partial charge >= 0.3 is 0 Å². The summed E-state index contributed by atoms with van der Waals surface area (Å²) in [5.41, 5.74) is 3.19. The van der Waals surface area contributed by atoms with Gasteiger partial charge < -0.3 is 5.32 Å². The topological polar surface area (TPSA) is 24.9 Å². The first kappa shape index (κ1) is 13.4. The zero-order chi connectivity index (χ0) is 14.1. The summed E-state index contributed by atoms with van der Waals surface area (Å²) in [6.45, 7) is 2.00. The minimum atomic E-state index is -0.180. The number of rotatable bonds is 3. The summed E-state index contributed by atoms with van der Waals surface area (Å²) in [7, 11) is 0. The molecule has 1 saturated carbocycles. The number of anilines is 1. The van der Waals surface area contributed by atoms with E-state index in [0.29, 0.717) is 17.1 Å². The van der Waals surface area contributed by atoms with E-state index in [1.54, 1.807) is 6.20 Å². The lowest BCUT2D eigenvalue weighted by molar-refractivity contribution is 0.374. The van der Waals surface area contributed by atoms with E-state index in [1.165, 1.54) is 17.7 Å². The number of hydrogen-bond acceptors (Lipinski definition) is 2. The molecule has 1 N–H and O–H groups in total. The molecule has 3 rings (SSSR count). The van der Waals surface area contributed by atoms with Gasteiger partial charge in [0.25, 0.3) is 0 Å². The first-order valence-corrected chi connectivity index (χ1v) is 7.14. The van der Waals surface area contributed by atoms with Crippen LogP contribution in [0, 0.1) is 12.7 Å². The zero-order valence-electron chi connectivity index (χ0n) is 11.2. The van der Waals surface area contributed by atoms with Crippen LogP contribution in [0.1, 0.15) is 29.9 Å². The van der Waals surface area contributed by atoms with Crippen LogP contribution in [0.3, 0.4) is 0 Å². The van der Waals surface area contributed by atoms with Gasteiger partial charge in [0.2, 0.25) is 0 Å². The van der Waals surface area contributed by atoms with Crippen molar-refractivity contribution in [2.24, 2.45) is 0 Å². The summed E-state index contributed by atoms with van der Waals surface area (Å²) >= 11 is 6.08. The van der Waals surface area contributed by atoms with Crippen molar-refractivity contribution < 1.29 is 4.39 Å². The average molecular weight is 291 g/mol. The molecule has 4 heteroatoms. The van der Waals surface area contributed by atoms with Gasteiger partial charge in [0, 0.05) is 12.2 Å². The fourth-order valence-electron chi connectivity index (χ4n) is 2.62. The molecule has 0 saturated heterocycles. The molecule has 1 heterocycles. The summed E-state index contributed by atoms with van der Waals surface area (Å²) in [5, 5.41) is 3.94. The van der Waals surface area contributed by atoms with Crippen LogP contribution < -0.4 is 5.32 Å². The third kappa shape index (κ3) is 2.78. The number of nitrogens with zero attached hydrogens (tertiary/aromatic N) is 1. The van der Waals surface area contributed by atoms with E-state index in [2.05, 4.69) is 10.3 Å². The molecule has 20 heavy (non-hydrogen) atoms. The quantitative estimate of drug-likeness (QED) is 0.840. The molecular formula is C16H16ClFN2. The number of hydrogen-bond donors (Lipinski definition) is 1. The summed E-state index contributed by atoms with van der Waals surface area (Å²) in [5.74, 6) is 0.324. The van der Waals surface area contributed by atoms with Gasteiger partial charge in [-0.3, -0.25) is 0 Å². The smallest absolute Gasteiger partial charge is 0.152 e. The molecule has 2 nitrogen and oxygen atoms in total. The maximum atomic E-state index is 12.9. The normalized spacial score (nSPS) is 21.4. The highest BCUT2D eigenvalue weighted by Crippen LogP contribution is 2.39. The highest BCUT2D eigenvalue weighted by molar-refractivity contribution is 6.32. The molecule has 104 valence electrons. The van der Waals surface area contributed by atoms with Crippen molar-refractivity contribution in [2.75, 3.05) is 5.32 Å². The van der Waals surface area contributed by atoms with Crippen LogP contribution in [0.4, 0.5) is 10.1 Å². The minimum absolute atomic E-state index is 0.180. The molecule has 1 aromatic heterocycles. The molecule has 0 amide bonds. The minimum Gasteiger partial charge on any atom is -0.380 e. The molecular weight excluding hydrogens is 275 g/mol. The van der Waals surface area contributed by atoms with E-state index in [9.17, 15) is 4.39 Å². The molecule has 1 fully saturated rings. The highest BCUT2D eigenvalue weighted by atomic mass is 35.5. The van der Waals surface area contributed by atoms with Gasteiger partial charge in [-0.15, -0.1) is 0 Å². The molecule has 1 aliphatic carbocycles. The molecule has 0 aliphatic heterocycles. The third-order valence-electron chi connectivity index (χ3n) is 3.81. The molecule has 2 aromatic rings. The number of aryl methyl sites for hydroxylation is 1. The van der Waals surface area contributed by atoms with Crippen LogP contribution in [-0.4, -0.2) is 11.0 Å². The van der Waals surface area contributed by atoms with Gasteiger partial charge in [-0.05, 0) is 55.0 Å². The molecule has 0 unspecified atom stereocenters. The van der Waals surface area contributed by atoms with Crippen molar-refractivity contribution in [3.8, 4) is 0 Å². The Morgan fingerprint density at radius 1 is 1.25 bits per heavy atom. The van der Waals surface area contributed by atoms with Crippen molar-refractivity contribution in [1.82, 2.24) is 4.98 Å². The lowest BCUT2D eigenvalue weighted by Crippen LogP contribution is -2.34. The SMILES string of the molecule is Cc1cnc(Cl)c(NC2CC(c3ccc(F)cc3)C2)c1. The van der Waals surface area contributed by atoms with Crippen LogP contribution in [-0.2, 0) is 0 Å². The Morgan fingerprint density at radius 3 is 2.65 bits per heavy atom. The number of halogens is 2. The zero-order valence-corrected chi connectivity index (χ0v) is 12.0. The van der Waals surface area contributed by atoms with Gasteiger partial charge in [-0.1, -0.05) is 23.7 Å². The van der Waals surface area contributed by atoms with Gasteiger partial charge in [0.05, 0.1) is 5.69 Å². The Labute approximate surface area is 123 Å². The Bertz CT molecular complexity index is 606. The van der Waals surface area contributed by atoms with Crippen LogP contribution >= 0.6 is 11.6 Å². The summed E-state index contributed by atoms with van der Waals surface area (Å²) < 4.78 is 12.9. The van der Waals surface area contributed by atoms with Crippen molar-refractivity contribution in [1.29, 1.82) is 0 Å². The lowest BCUT2D eigenvalue weighted by atomic mass is 9.76. The van der Waals surface area contributed by atoms with E-state index < -0.39 is 0 Å². The van der Waals surface area contributed by atoms with Crippen molar-refractivity contribution in [3.63, 3.8) is 0 Å². The van der Waals surface area contributed by atoms with Crippen LogP contribution in [0.15, 0.2) is 36.5 Å². The monoisotopic (exact) mass is 290 g/mol.